The summed E-state index contributed by atoms with van der Waals surface area (Å²) in [6.45, 7) is 1.17. The molecular weight excluding hydrogens is 370 g/mol. The minimum atomic E-state index is -3.33. The highest BCUT2D eigenvalue weighted by Crippen LogP contribution is 2.24. The molecule has 2 rings (SSSR count). The summed E-state index contributed by atoms with van der Waals surface area (Å²) in [7, 11) is -3.33. The van der Waals surface area contributed by atoms with Crippen LogP contribution in [0.5, 0.6) is 0 Å². The van der Waals surface area contributed by atoms with Gasteiger partial charge in [-0.05, 0) is 37.1 Å². The third kappa shape index (κ3) is 3.10. The fourth-order valence-electron chi connectivity index (χ4n) is 1.87. The van der Waals surface area contributed by atoms with Crippen molar-refractivity contribution in [1.29, 1.82) is 0 Å². The maximum absolute atomic E-state index is 12.3. The second-order valence-corrected chi connectivity index (χ2v) is 8.21. The van der Waals surface area contributed by atoms with Crippen molar-refractivity contribution < 1.29 is 8.42 Å². The third-order valence-corrected chi connectivity index (χ3v) is 5.93. The summed E-state index contributed by atoms with van der Waals surface area (Å²) in [6, 6.07) is 6.78. The Morgan fingerprint density at radius 3 is 2.47 bits per heavy atom. The van der Waals surface area contributed by atoms with Gasteiger partial charge in [0.05, 0.1) is 4.90 Å². The molecule has 94 valence electrons. The zero-order valence-corrected chi connectivity index (χ0v) is 13.1. The summed E-state index contributed by atoms with van der Waals surface area (Å²) in [5, 5.41) is 0. The second-order valence-electron chi connectivity index (χ2n) is 4.06. The number of piperidine rings is 1. The molecule has 1 atom stereocenters. The van der Waals surface area contributed by atoms with Crippen LogP contribution in [0, 0.1) is 0 Å². The van der Waals surface area contributed by atoms with E-state index in [1.54, 1.807) is 28.6 Å². The first-order valence-corrected chi connectivity index (χ1v) is 8.55. The van der Waals surface area contributed by atoms with Gasteiger partial charge < -0.3 is 0 Å². The van der Waals surface area contributed by atoms with Gasteiger partial charge in [0, 0.05) is 22.4 Å². The molecule has 0 spiro atoms. The molecule has 1 aromatic carbocycles. The monoisotopic (exact) mass is 381 g/mol. The first-order chi connectivity index (χ1) is 8.00. The van der Waals surface area contributed by atoms with E-state index in [1.165, 1.54) is 0 Å². The first-order valence-electron chi connectivity index (χ1n) is 5.40. The lowest BCUT2D eigenvalue weighted by atomic mass is 10.2. The van der Waals surface area contributed by atoms with Crippen LogP contribution in [-0.2, 0) is 10.0 Å². The summed E-state index contributed by atoms with van der Waals surface area (Å²) in [5.41, 5.74) is 0. The Kier molecular flexibility index (Phi) is 4.28. The predicted octanol–water partition coefficient (Wildman–Crippen LogP) is 3.00. The largest absolute Gasteiger partial charge is 0.243 e. The van der Waals surface area contributed by atoms with E-state index in [-0.39, 0.29) is 4.83 Å². The standard InChI is InChI=1S/C11H13Br2NO2S/c12-9-3-5-11(6-4-9)17(15,16)14-7-1-2-10(13)8-14/h3-6,10H,1-2,7-8H2. The Balaban J connectivity index is 2.26. The van der Waals surface area contributed by atoms with E-state index in [9.17, 15) is 8.42 Å². The molecule has 0 aromatic heterocycles. The summed E-state index contributed by atoms with van der Waals surface area (Å²) in [4.78, 5) is 0.628. The van der Waals surface area contributed by atoms with Gasteiger partial charge in [0.25, 0.3) is 0 Å². The molecule has 3 nitrogen and oxygen atoms in total. The Hall–Kier alpha value is 0.0900. The van der Waals surface area contributed by atoms with Crippen LogP contribution in [0.4, 0.5) is 0 Å². The summed E-state index contributed by atoms with van der Waals surface area (Å²) in [5.74, 6) is 0. The molecule has 1 fully saturated rings. The molecule has 0 radical (unpaired) electrons. The normalized spacial score (nSPS) is 22.6. The summed E-state index contributed by atoms with van der Waals surface area (Å²) in [6.07, 6.45) is 1.94. The quantitative estimate of drug-likeness (QED) is 0.737. The molecule has 1 saturated heterocycles. The number of rotatable bonds is 2. The predicted molar refractivity (Wildman–Crippen MR) is 74.8 cm³/mol. The van der Waals surface area contributed by atoms with Gasteiger partial charge >= 0.3 is 0 Å². The molecular formula is C11H13Br2NO2S. The van der Waals surface area contributed by atoms with Crippen molar-refractivity contribution in [2.24, 2.45) is 0 Å². The van der Waals surface area contributed by atoms with Crippen molar-refractivity contribution in [1.82, 2.24) is 4.31 Å². The second kappa shape index (κ2) is 5.38. The van der Waals surface area contributed by atoms with Crippen LogP contribution in [0.25, 0.3) is 0 Å². The van der Waals surface area contributed by atoms with Crippen LogP contribution in [0.2, 0.25) is 0 Å². The Labute approximate surface area is 119 Å². The Morgan fingerprint density at radius 2 is 1.88 bits per heavy atom. The molecule has 0 aliphatic carbocycles. The van der Waals surface area contributed by atoms with Crippen molar-refractivity contribution in [2.45, 2.75) is 22.6 Å². The van der Waals surface area contributed by atoms with Gasteiger partial charge in [0.15, 0.2) is 0 Å². The van der Waals surface area contributed by atoms with Gasteiger partial charge in [-0.25, -0.2) is 8.42 Å². The molecule has 0 N–H and O–H groups in total. The molecule has 1 heterocycles. The number of benzene rings is 1. The van der Waals surface area contributed by atoms with E-state index in [0.29, 0.717) is 18.0 Å². The van der Waals surface area contributed by atoms with Gasteiger partial charge in [-0.1, -0.05) is 31.9 Å². The van der Waals surface area contributed by atoms with Gasteiger partial charge in [0.1, 0.15) is 0 Å². The molecule has 17 heavy (non-hydrogen) atoms. The minimum absolute atomic E-state index is 0.265. The van der Waals surface area contributed by atoms with Crippen molar-refractivity contribution in [2.75, 3.05) is 13.1 Å². The smallest absolute Gasteiger partial charge is 0.207 e. The average Bonchev–Trinajstić information content (AvgIpc) is 2.29. The number of hydrogen-bond donors (Lipinski definition) is 0. The molecule has 1 aromatic rings. The molecule has 1 aliphatic rings. The number of alkyl halides is 1. The van der Waals surface area contributed by atoms with E-state index < -0.39 is 10.0 Å². The zero-order valence-electron chi connectivity index (χ0n) is 9.14. The van der Waals surface area contributed by atoms with Crippen molar-refractivity contribution in [3.8, 4) is 0 Å². The summed E-state index contributed by atoms with van der Waals surface area (Å²) >= 11 is 6.79. The van der Waals surface area contributed by atoms with Crippen LogP contribution in [-0.4, -0.2) is 30.6 Å². The lowest BCUT2D eigenvalue weighted by Crippen LogP contribution is -2.40. The van der Waals surface area contributed by atoms with Crippen LogP contribution < -0.4 is 0 Å². The SMILES string of the molecule is O=S(=O)(c1ccc(Br)cc1)N1CCCC(Br)C1. The fourth-order valence-corrected chi connectivity index (χ4v) is 4.52. The van der Waals surface area contributed by atoms with E-state index in [4.69, 9.17) is 0 Å². The fraction of sp³-hybridized carbons (Fsp3) is 0.455. The van der Waals surface area contributed by atoms with Crippen molar-refractivity contribution in [3.63, 3.8) is 0 Å². The molecule has 6 heteroatoms. The number of halogens is 2. The highest BCUT2D eigenvalue weighted by atomic mass is 79.9. The number of nitrogens with zero attached hydrogens (tertiary/aromatic N) is 1. The topological polar surface area (TPSA) is 37.4 Å². The van der Waals surface area contributed by atoms with Crippen LogP contribution in [0.1, 0.15) is 12.8 Å². The van der Waals surface area contributed by atoms with Crippen LogP contribution in [0.15, 0.2) is 33.6 Å². The van der Waals surface area contributed by atoms with E-state index in [2.05, 4.69) is 31.9 Å². The number of sulfonamides is 1. The highest BCUT2D eigenvalue weighted by Gasteiger charge is 2.28. The molecule has 0 saturated carbocycles. The molecule has 1 aliphatic heterocycles. The van der Waals surface area contributed by atoms with Gasteiger partial charge in [0.2, 0.25) is 10.0 Å². The number of hydrogen-bond acceptors (Lipinski definition) is 2. The van der Waals surface area contributed by atoms with Gasteiger partial charge in [-0.2, -0.15) is 4.31 Å². The van der Waals surface area contributed by atoms with Crippen LogP contribution in [0.3, 0.4) is 0 Å². The molecule has 1 unspecified atom stereocenters. The summed E-state index contributed by atoms with van der Waals surface area (Å²) < 4.78 is 27.1. The zero-order chi connectivity index (χ0) is 12.5. The van der Waals surface area contributed by atoms with E-state index >= 15 is 0 Å². The Morgan fingerprint density at radius 1 is 1.24 bits per heavy atom. The first kappa shape index (κ1) is 13.5. The minimum Gasteiger partial charge on any atom is -0.207 e. The van der Waals surface area contributed by atoms with E-state index in [0.717, 1.165) is 17.3 Å². The average molecular weight is 383 g/mol. The Bertz CT molecular complexity index is 487. The van der Waals surface area contributed by atoms with Gasteiger partial charge in [-0.15, -0.1) is 0 Å². The van der Waals surface area contributed by atoms with Gasteiger partial charge in [-0.3, -0.25) is 0 Å². The highest BCUT2D eigenvalue weighted by molar-refractivity contribution is 9.10. The third-order valence-electron chi connectivity index (χ3n) is 2.78. The maximum atomic E-state index is 12.3. The van der Waals surface area contributed by atoms with Crippen LogP contribution >= 0.6 is 31.9 Å². The molecule has 0 amide bonds. The maximum Gasteiger partial charge on any atom is 0.243 e. The van der Waals surface area contributed by atoms with Crippen molar-refractivity contribution in [3.05, 3.63) is 28.7 Å². The lowest BCUT2D eigenvalue weighted by Gasteiger charge is -2.29. The van der Waals surface area contributed by atoms with Crippen molar-refractivity contribution >= 4 is 41.9 Å². The lowest BCUT2D eigenvalue weighted by molar-refractivity contribution is 0.356. The molecule has 0 bridgehead atoms. The van der Waals surface area contributed by atoms with E-state index in [1.807, 2.05) is 0 Å².